The molecule has 0 spiro atoms. The van der Waals surface area contributed by atoms with Crippen molar-refractivity contribution in [3.8, 4) is 11.8 Å². The standard InChI is InChI=1S/C24H17F3O4/c1-31-22(29)18-8-4-17(5-9-18)15-20-21(28)12-14-23(20,30)13-2-3-16-6-10-19(11-7-16)24(25,26)27/h4-12,14-15,30H,13H2,1H3/b20-15-. The Morgan fingerprint density at radius 1 is 1.13 bits per heavy atom. The molecule has 2 aromatic carbocycles. The summed E-state index contributed by atoms with van der Waals surface area (Å²) in [4.78, 5) is 23.8. The molecule has 1 aliphatic rings. The highest BCUT2D eigenvalue weighted by Gasteiger charge is 2.36. The van der Waals surface area contributed by atoms with Crippen molar-refractivity contribution in [2.45, 2.75) is 18.2 Å². The van der Waals surface area contributed by atoms with Crippen LogP contribution in [0.3, 0.4) is 0 Å². The average Bonchev–Trinajstić information content (AvgIpc) is 3.02. The first-order valence-corrected chi connectivity index (χ1v) is 9.15. The Hall–Kier alpha value is -3.63. The van der Waals surface area contributed by atoms with Gasteiger partial charge in [-0.1, -0.05) is 24.0 Å². The lowest BCUT2D eigenvalue weighted by molar-refractivity contribution is -0.137. The maximum atomic E-state index is 12.6. The summed E-state index contributed by atoms with van der Waals surface area (Å²) in [6.45, 7) is 0. The summed E-state index contributed by atoms with van der Waals surface area (Å²) in [7, 11) is 1.27. The van der Waals surface area contributed by atoms with Gasteiger partial charge in [0, 0.05) is 17.6 Å². The van der Waals surface area contributed by atoms with Crippen LogP contribution in [0.25, 0.3) is 6.08 Å². The lowest BCUT2D eigenvalue weighted by Gasteiger charge is -2.19. The van der Waals surface area contributed by atoms with E-state index in [0.717, 1.165) is 12.1 Å². The number of hydrogen-bond acceptors (Lipinski definition) is 4. The number of allylic oxidation sites excluding steroid dienone is 1. The topological polar surface area (TPSA) is 63.6 Å². The van der Waals surface area contributed by atoms with Crippen LogP contribution in [0.4, 0.5) is 13.2 Å². The molecule has 4 nitrogen and oxygen atoms in total. The van der Waals surface area contributed by atoms with Crippen molar-refractivity contribution in [2.75, 3.05) is 7.11 Å². The molecule has 3 rings (SSSR count). The SMILES string of the molecule is COC(=O)c1ccc(/C=C2/C(=O)C=CC2(O)CC#Cc2ccc(C(F)(F)F)cc2)cc1. The quantitative estimate of drug-likeness (QED) is 0.454. The Balaban J connectivity index is 1.78. The molecular formula is C24H17F3O4. The molecule has 2 aromatic rings. The lowest BCUT2D eigenvalue weighted by Crippen LogP contribution is -2.27. The predicted molar refractivity (Wildman–Crippen MR) is 108 cm³/mol. The minimum absolute atomic E-state index is 0.111. The average molecular weight is 426 g/mol. The van der Waals surface area contributed by atoms with Crippen LogP contribution in [0.1, 0.15) is 33.5 Å². The van der Waals surface area contributed by atoms with E-state index in [4.69, 9.17) is 0 Å². The van der Waals surface area contributed by atoms with Crippen molar-refractivity contribution in [1.82, 2.24) is 0 Å². The zero-order chi connectivity index (χ0) is 22.6. The summed E-state index contributed by atoms with van der Waals surface area (Å²) in [6, 6.07) is 10.6. The molecule has 158 valence electrons. The number of halogens is 3. The van der Waals surface area contributed by atoms with Gasteiger partial charge < -0.3 is 9.84 Å². The van der Waals surface area contributed by atoms with Gasteiger partial charge in [0.2, 0.25) is 0 Å². The fourth-order valence-corrected chi connectivity index (χ4v) is 2.98. The van der Waals surface area contributed by atoms with Crippen LogP contribution >= 0.6 is 0 Å². The zero-order valence-electron chi connectivity index (χ0n) is 16.4. The number of esters is 1. The maximum Gasteiger partial charge on any atom is 0.416 e. The molecule has 0 saturated carbocycles. The molecule has 31 heavy (non-hydrogen) atoms. The fraction of sp³-hybridized carbons (Fsp3) is 0.167. The van der Waals surface area contributed by atoms with Crippen LogP contribution in [0.5, 0.6) is 0 Å². The number of benzene rings is 2. The third-order valence-electron chi connectivity index (χ3n) is 4.69. The molecule has 0 radical (unpaired) electrons. The number of rotatable bonds is 3. The van der Waals surface area contributed by atoms with Crippen LogP contribution in [0.2, 0.25) is 0 Å². The molecule has 1 atom stereocenters. The number of ketones is 1. The second-order valence-corrected chi connectivity index (χ2v) is 6.85. The Morgan fingerprint density at radius 3 is 2.35 bits per heavy atom. The third-order valence-corrected chi connectivity index (χ3v) is 4.69. The molecule has 1 N–H and O–H groups in total. The van der Waals surface area contributed by atoms with Gasteiger partial charge >= 0.3 is 12.1 Å². The number of alkyl halides is 3. The van der Waals surface area contributed by atoms with E-state index in [1.807, 2.05) is 0 Å². The highest BCUT2D eigenvalue weighted by atomic mass is 19.4. The van der Waals surface area contributed by atoms with E-state index in [0.29, 0.717) is 16.7 Å². The van der Waals surface area contributed by atoms with Crippen LogP contribution in [-0.2, 0) is 15.7 Å². The van der Waals surface area contributed by atoms with Gasteiger partial charge in [-0.2, -0.15) is 13.2 Å². The van der Waals surface area contributed by atoms with E-state index in [9.17, 15) is 27.9 Å². The molecule has 0 saturated heterocycles. The van der Waals surface area contributed by atoms with Crippen LogP contribution in [0.15, 0.2) is 66.3 Å². The normalized spacial score (nSPS) is 19.3. The summed E-state index contributed by atoms with van der Waals surface area (Å²) < 4.78 is 42.5. The summed E-state index contributed by atoms with van der Waals surface area (Å²) in [5.41, 5.74) is -0.998. The Labute approximate surface area is 176 Å². The van der Waals surface area contributed by atoms with Crippen molar-refractivity contribution >= 4 is 17.8 Å². The van der Waals surface area contributed by atoms with Gasteiger partial charge in [-0.05, 0) is 60.2 Å². The number of carbonyl (C=O) groups is 2. The molecule has 0 aromatic heterocycles. The minimum Gasteiger partial charge on any atom is -0.465 e. The summed E-state index contributed by atoms with van der Waals surface area (Å²) >= 11 is 0. The van der Waals surface area contributed by atoms with Crippen LogP contribution in [-0.4, -0.2) is 29.6 Å². The van der Waals surface area contributed by atoms with Crippen LogP contribution < -0.4 is 0 Å². The van der Waals surface area contributed by atoms with Crippen molar-refractivity contribution in [3.63, 3.8) is 0 Å². The number of carbonyl (C=O) groups excluding carboxylic acids is 2. The van der Waals surface area contributed by atoms with Gasteiger partial charge in [0.05, 0.1) is 18.2 Å². The van der Waals surface area contributed by atoms with E-state index < -0.39 is 23.3 Å². The molecule has 0 aliphatic heterocycles. The summed E-state index contributed by atoms with van der Waals surface area (Å²) in [5, 5.41) is 10.9. The Bertz CT molecular complexity index is 1110. The highest BCUT2D eigenvalue weighted by Crippen LogP contribution is 2.32. The molecule has 1 aliphatic carbocycles. The largest absolute Gasteiger partial charge is 0.465 e. The van der Waals surface area contributed by atoms with Gasteiger partial charge in [0.1, 0.15) is 5.60 Å². The zero-order valence-corrected chi connectivity index (χ0v) is 16.4. The highest BCUT2D eigenvalue weighted by molar-refractivity contribution is 6.12. The van der Waals surface area contributed by atoms with E-state index >= 15 is 0 Å². The molecule has 0 amide bonds. The Kier molecular flexibility index (Phi) is 6.14. The van der Waals surface area contributed by atoms with Gasteiger partial charge in [-0.15, -0.1) is 0 Å². The Morgan fingerprint density at radius 2 is 1.77 bits per heavy atom. The first-order valence-electron chi connectivity index (χ1n) is 9.15. The monoisotopic (exact) mass is 426 g/mol. The van der Waals surface area contributed by atoms with Gasteiger partial charge in [-0.25, -0.2) is 4.79 Å². The first kappa shape index (κ1) is 22.1. The van der Waals surface area contributed by atoms with E-state index in [-0.39, 0.29) is 17.8 Å². The number of aliphatic hydroxyl groups is 1. The lowest BCUT2D eigenvalue weighted by atomic mass is 9.91. The number of ether oxygens (including phenoxy) is 1. The molecule has 0 bridgehead atoms. The van der Waals surface area contributed by atoms with Gasteiger partial charge in [0.25, 0.3) is 0 Å². The molecular weight excluding hydrogens is 409 g/mol. The summed E-state index contributed by atoms with van der Waals surface area (Å²) in [5.74, 6) is 4.55. The molecule has 7 heteroatoms. The predicted octanol–water partition coefficient (Wildman–Crippen LogP) is 4.19. The van der Waals surface area contributed by atoms with Crippen molar-refractivity contribution < 1.29 is 32.6 Å². The smallest absolute Gasteiger partial charge is 0.416 e. The number of hydrogen-bond donors (Lipinski definition) is 1. The third kappa shape index (κ3) is 5.11. The molecule has 1 unspecified atom stereocenters. The first-order chi connectivity index (χ1) is 14.6. The second kappa shape index (κ2) is 8.62. The van der Waals surface area contributed by atoms with E-state index in [1.54, 1.807) is 12.1 Å². The minimum atomic E-state index is -4.43. The molecule has 0 fully saturated rings. The maximum absolute atomic E-state index is 12.6. The van der Waals surface area contributed by atoms with Crippen molar-refractivity contribution in [1.29, 1.82) is 0 Å². The molecule has 0 heterocycles. The fourth-order valence-electron chi connectivity index (χ4n) is 2.98. The van der Waals surface area contributed by atoms with E-state index in [1.165, 1.54) is 49.6 Å². The summed E-state index contributed by atoms with van der Waals surface area (Å²) in [6.07, 6.45) is -0.462. The van der Waals surface area contributed by atoms with Gasteiger partial charge in [-0.3, -0.25) is 4.79 Å². The van der Waals surface area contributed by atoms with Crippen molar-refractivity contribution in [2.24, 2.45) is 0 Å². The number of methoxy groups -OCH3 is 1. The van der Waals surface area contributed by atoms with Crippen LogP contribution in [0, 0.1) is 11.8 Å². The van der Waals surface area contributed by atoms with Gasteiger partial charge in [0.15, 0.2) is 5.78 Å². The van der Waals surface area contributed by atoms with Crippen molar-refractivity contribution in [3.05, 3.63) is 88.5 Å². The van der Waals surface area contributed by atoms with E-state index in [2.05, 4.69) is 16.6 Å². The second-order valence-electron chi connectivity index (χ2n) is 6.85.